The molecule has 2 aliphatic rings. The highest BCUT2D eigenvalue weighted by Crippen LogP contribution is 2.35. The van der Waals surface area contributed by atoms with Crippen LogP contribution in [0.15, 0.2) is 42.5 Å². The highest BCUT2D eigenvalue weighted by molar-refractivity contribution is 5.68. The van der Waals surface area contributed by atoms with Crippen molar-refractivity contribution < 1.29 is 27.4 Å². The topological polar surface area (TPSA) is 94.4 Å². The number of fused-ring (bicyclic) bond motifs is 1. The number of nitrogens with one attached hydrogen (secondary N) is 1. The number of likely N-dealkylation sites (tertiary alicyclic amines) is 1. The summed E-state index contributed by atoms with van der Waals surface area (Å²) in [7, 11) is 0. The minimum absolute atomic E-state index is 0.00516. The molecule has 1 fully saturated rings. The number of ether oxygens (including phenoxy) is 2. The van der Waals surface area contributed by atoms with Crippen molar-refractivity contribution in [3.8, 4) is 11.4 Å². The average molecular weight is 545 g/mol. The van der Waals surface area contributed by atoms with Crippen LogP contribution in [0.2, 0.25) is 0 Å². The van der Waals surface area contributed by atoms with Gasteiger partial charge >= 0.3 is 12.3 Å². The predicted octanol–water partition coefficient (Wildman–Crippen LogP) is 4.50. The minimum Gasteiger partial charge on any atom is -0.493 e. The molecular weight excluding hydrogens is 513 g/mol. The van der Waals surface area contributed by atoms with Crippen LogP contribution in [0.3, 0.4) is 0 Å². The minimum atomic E-state index is -4.69. The summed E-state index contributed by atoms with van der Waals surface area (Å²) in [6.45, 7) is 7.34. The summed E-state index contributed by atoms with van der Waals surface area (Å²) in [5, 5.41) is 13.6. The van der Waals surface area contributed by atoms with Crippen molar-refractivity contribution in [3.63, 3.8) is 0 Å². The molecule has 39 heavy (non-hydrogen) atoms. The fourth-order valence-electron chi connectivity index (χ4n) is 5.13. The lowest BCUT2D eigenvalue weighted by atomic mass is 9.86. The highest BCUT2D eigenvalue weighted by atomic mass is 19.4. The van der Waals surface area contributed by atoms with Gasteiger partial charge in [0.05, 0.1) is 12.3 Å². The van der Waals surface area contributed by atoms with Gasteiger partial charge in [0.1, 0.15) is 11.4 Å². The van der Waals surface area contributed by atoms with Crippen LogP contribution >= 0.6 is 0 Å². The van der Waals surface area contributed by atoms with Crippen molar-refractivity contribution in [2.24, 2.45) is 0 Å². The molecule has 2 aliphatic heterocycles. The number of aromatic nitrogens is 4. The van der Waals surface area contributed by atoms with Gasteiger partial charge in [-0.05, 0) is 60.9 Å². The van der Waals surface area contributed by atoms with Crippen molar-refractivity contribution in [2.75, 3.05) is 19.7 Å². The number of hydrogen-bond acceptors (Lipinski definition) is 7. The second-order valence-corrected chi connectivity index (χ2v) is 10.8. The number of rotatable bonds is 5. The van der Waals surface area contributed by atoms with E-state index in [2.05, 4.69) is 20.8 Å². The summed E-state index contributed by atoms with van der Waals surface area (Å²) in [6, 6.07) is 13.2. The first-order chi connectivity index (χ1) is 18.5. The number of halogens is 3. The van der Waals surface area contributed by atoms with E-state index in [0.717, 1.165) is 16.7 Å². The molecule has 1 amide bonds. The molecule has 1 aromatic heterocycles. The molecule has 9 nitrogen and oxygen atoms in total. The Hall–Kier alpha value is -3.67. The van der Waals surface area contributed by atoms with Gasteiger partial charge in [0.25, 0.3) is 5.82 Å². The maximum Gasteiger partial charge on any atom is 0.453 e. The monoisotopic (exact) mass is 544 g/mol. The van der Waals surface area contributed by atoms with E-state index in [1.54, 1.807) is 17.0 Å². The van der Waals surface area contributed by atoms with E-state index in [4.69, 9.17) is 9.47 Å². The Morgan fingerprint density at radius 3 is 2.67 bits per heavy atom. The van der Waals surface area contributed by atoms with Crippen molar-refractivity contribution >= 4 is 6.09 Å². The molecule has 1 N–H and O–H groups in total. The molecule has 5 rings (SSSR count). The van der Waals surface area contributed by atoms with Gasteiger partial charge in [-0.25, -0.2) is 4.79 Å². The molecule has 0 saturated carbocycles. The van der Waals surface area contributed by atoms with Crippen LogP contribution in [0.1, 0.15) is 55.6 Å². The Morgan fingerprint density at radius 1 is 1.18 bits per heavy atom. The summed E-state index contributed by atoms with van der Waals surface area (Å²) in [5.74, 6) is -0.518. The predicted molar refractivity (Wildman–Crippen MR) is 136 cm³/mol. The van der Waals surface area contributed by atoms with Crippen molar-refractivity contribution in [3.05, 3.63) is 65.0 Å². The fraction of sp³-hybridized carbons (Fsp3) is 0.481. The molecule has 0 radical (unpaired) electrons. The van der Waals surface area contributed by atoms with Gasteiger partial charge in [-0.2, -0.15) is 17.9 Å². The van der Waals surface area contributed by atoms with Crippen molar-refractivity contribution in [1.29, 1.82) is 0 Å². The summed E-state index contributed by atoms with van der Waals surface area (Å²) in [4.78, 5) is 14.6. The molecule has 0 aliphatic carbocycles. The molecule has 12 heteroatoms. The van der Waals surface area contributed by atoms with E-state index in [1.165, 1.54) is 0 Å². The molecule has 1 saturated heterocycles. The number of benzene rings is 2. The van der Waals surface area contributed by atoms with Crippen LogP contribution in [0, 0.1) is 0 Å². The van der Waals surface area contributed by atoms with Gasteiger partial charge in [-0.3, -0.25) is 0 Å². The van der Waals surface area contributed by atoms with Gasteiger partial charge in [0.2, 0.25) is 0 Å². The van der Waals surface area contributed by atoms with Crippen LogP contribution in [0.5, 0.6) is 5.75 Å². The Kier molecular flexibility index (Phi) is 7.23. The number of piperidine rings is 1. The van der Waals surface area contributed by atoms with E-state index in [9.17, 15) is 18.0 Å². The van der Waals surface area contributed by atoms with Gasteiger partial charge in [-0.15, -0.1) is 5.10 Å². The van der Waals surface area contributed by atoms with E-state index >= 15 is 0 Å². The lowest BCUT2D eigenvalue weighted by molar-refractivity contribution is -0.146. The Labute approximate surface area is 224 Å². The average Bonchev–Trinajstić information content (AvgIpc) is 3.56. The maximum absolute atomic E-state index is 13.5. The third kappa shape index (κ3) is 6.00. The quantitative estimate of drug-likeness (QED) is 0.506. The molecule has 0 unspecified atom stereocenters. The summed E-state index contributed by atoms with van der Waals surface area (Å²) in [5.41, 5.74) is 2.26. The molecular formula is C27H31F3N6O3. The number of nitrogens with zero attached hydrogens (tertiary/aromatic N) is 5. The number of alkyl halides is 3. The van der Waals surface area contributed by atoms with Crippen LogP contribution in [-0.2, 0) is 23.9 Å². The lowest BCUT2D eigenvalue weighted by Crippen LogP contribution is -2.50. The molecule has 0 spiro atoms. The standard InChI is InChI=1S/C27H31F3N6O3/c1-26(2,3)39-25(37)35-11-9-22(21(16-35)17-7-5-4-6-8-17)31-15-19-14-20(13-18-10-12-38-23(18)19)36-24(27(28,29)30)32-33-34-36/h4-8,13-14,21-22,31H,9-12,15-16H2,1-3H3/t21-,22-/m1/s1. The fourth-order valence-corrected chi connectivity index (χ4v) is 5.13. The largest absolute Gasteiger partial charge is 0.493 e. The first-order valence-corrected chi connectivity index (χ1v) is 12.9. The first-order valence-electron chi connectivity index (χ1n) is 12.9. The molecule has 2 aromatic carbocycles. The number of carbonyl (C=O) groups excluding carboxylic acids is 1. The first kappa shape index (κ1) is 26.9. The van der Waals surface area contributed by atoms with Gasteiger partial charge in [0, 0.05) is 43.6 Å². The SMILES string of the molecule is CC(C)(C)OC(=O)N1CC[C@@H](NCc2cc(-n3nnnc3C(F)(F)F)cc3c2OCC3)[C@@H](c2ccccc2)C1. The van der Waals surface area contributed by atoms with Gasteiger partial charge < -0.3 is 19.7 Å². The second-order valence-electron chi connectivity index (χ2n) is 10.8. The Bertz CT molecular complexity index is 1320. The van der Waals surface area contributed by atoms with Crippen LogP contribution < -0.4 is 10.1 Å². The summed E-state index contributed by atoms with van der Waals surface area (Å²) < 4.78 is 52.6. The van der Waals surface area contributed by atoms with Crippen LogP contribution in [-0.4, -0.2) is 62.5 Å². The Balaban J connectivity index is 1.39. The van der Waals surface area contributed by atoms with E-state index in [-0.39, 0.29) is 23.7 Å². The number of amides is 1. The summed E-state index contributed by atoms with van der Waals surface area (Å²) in [6.07, 6.45) is -3.78. The van der Waals surface area contributed by atoms with E-state index < -0.39 is 17.6 Å². The van der Waals surface area contributed by atoms with Gasteiger partial charge in [0.15, 0.2) is 0 Å². The smallest absolute Gasteiger partial charge is 0.453 e. The zero-order valence-corrected chi connectivity index (χ0v) is 22.0. The van der Waals surface area contributed by atoms with Crippen molar-refractivity contribution in [1.82, 2.24) is 30.4 Å². The molecule has 0 bridgehead atoms. The molecule has 2 atom stereocenters. The number of carbonyl (C=O) groups is 1. The second kappa shape index (κ2) is 10.5. The van der Waals surface area contributed by atoms with E-state index in [1.807, 2.05) is 51.1 Å². The normalized spacial score (nSPS) is 19.5. The maximum atomic E-state index is 13.5. The lowest BCUT2D eigenvalue weighted by Gasteiger charge is -2.40. The van der Waals surface area contributed by atoms with E-state index in [0.29, 0.717) is 49.5 Å². The van der Waals surface area contributed by atoms with Crippen LogP contribution in [0.25, 0.3) is 5.69 Å². The molecule has 3 aromatic rings. The van der Waals surface area contributed by atoms with Gasteiger partial charge in [-0.1, -0.05) is 30.3 Å². The third-order valence-electron chi connectivity index (χ3n) is 6.86. The van der Waals surface area contributed by atoms with Crippen LogP contribution in [0.4, 0.5) is 18.0 Å². The third-order valence-corrected chi connectivity index (χ3v) is 6.86. The zero-order chi connectivity index (χ0) is 27.8. The molecule has 208 valence electrons. The summed E-state index contributed by atoms with van der Waals surface area (Å²) >= 11 is 0. The van der Waals surface area contributed by atoms with Crippen molar-refractivity contribution in [2.45, 2.75) is 63.9 Å². The number of tetrazole rings is 1. The Morgan fingerprint density at radius 2 is 1.95 bits per heavy atom. The zero-order valence-electron chi connectivity index (χ0n) is 22.0. The molecule has 3 heterocycles. The highest BCUT2D eigenvalue weighted by Gasteiger charge is 2.39. The number of hydrogen-bond donors (Lipinski definition) is 1.